The molecule has 128 valence electrons. The van der Waals surface area contributed by atoms with Crippen molar-refractivity contribution in [2.45, 2.75) is 26.2 Å². The smallest absolute Gasteiger partial charge is 0.118 e. The van der Waals surface area contributed by atoms with Crippen LogP contribution in [0.3, 0.4) is 0 Å². The van der Waals surface area contributed by atoms with Crippen LogP contribution >= 0.6 is 0 Å². The third kappa shape index (κ3) is 3.19. The summed E-state index contributed by atoms with van der Waals surface area (Å²) in [5, 5.41) is 1.25. The van der Waals surface area contributed by atoms with Gasteiger partial charge in [-0.05, 0) is 61.6 Å². The largest absolute Gasteiger partial charge is 0.497 e. The van der Waals surface area contributed by atoms with E-state index in [-0.39, 0.29) is 0 Å². The van der Waals surface area contributed by atoms with E-state index >= 15 is 0 Å². The van der Waals surface area contributed by atoms with Gasteiger partial charge in [-0.2, -0.15) is 0 Å². The lowest BCUT2D eigenvalue weighted by Gasteiger charge is -2.30. The Morgan fingerprint density at radius 3 is 2.32 bits per heavy atom. The Labute approximate surface area is 149 Å². The van der Waals surface area contributed by atoms with Gasteiger partial charge < -0.3 is 9.64 Å². The number of nitrogens with zero attached hydrogens (tertiary/aromatic N) is 2. The lowest BCUT2D eigenvalue weighted by Crippen LogP contribution is -2.29. The summed E-state index contributed by atoms with van der Waals surface area (Å²) in [6.45, 7) is 4.39. The normalized spacial score (nSPS) is 14.7. The summed E-state index contributed by atoms with van der Waals surface area (Å²) < 4.78 is 5.26. The van der Waals surface area contributed by atoms with E-state index in [0.717, 1.165) is 30.0 Å². The molecule has 0 N–H and O–H groups in total. The zero-order valence-electron chi connectivity index (χ0n) is 15.0. The Hall–Kier alpha value is -2.55. The molecule has 25 heavy (non-hydrogen) atoms. The first-order chi connectivity index (χ1) is 12.2. The summed E-state index contributed by atoms with van der Waals surface area (Å²) in [7, 11) is 1.69. The maximum Gasteiger partial charge on any atom is 0.118 e. The van der Waals surface area contributed by atoms with Crippen molar-refractivity contribution in [2.75, 3.05) is 25.1 Å². The lowest BCUT2D eigenvalue weighted by atomic mass is 10.0. The minimum atomic E-state index is 0.880. The van der Waals surface area contributed by atoms with Gasteiger partial charge in [-0.3, -0.25) is 4.98 Å². The Morgan fingerprint density at radius 1 is 0.880 bits per heavy atom. The molecule has 1 aliphatic heterocycles. The molecule has 0 saturated carbocycles. The Balaban J connectivity index is 1.77. The van der Waals surface area contributed by atoms with Crippen LogP contribution < -0.4 is 9.64 Å². The van der Waals surface area contributed by atoms with E-state index in [1.807, 2.05) is 12.1 Å². The third-order valence-corrected chi connectivity index (χ3v) is 5.04. The van der Waals surface area contributed by atoms with Gasteiger partial charge in [-0.25, -0.2) is 0 Å². The number of fused-ring (bicyclic) bond motifs is 1. The molecule has 1 aliphatic rings. The van der Waals surface area contributed by atoms with Crippen LogP contribution in [0.5, 0.6) is 5.75 Å². The van der Waals surface area contributed by atoms with E-state index in [1.54, 1.807) is 7.11 Å². The predicted molar refractivity (Wildman–Crippen MR) is 105 cm³/mol. The van der Waals surface area contributed by atoms with Gasteiger partial charge in [0, 0.05) is 29.9 Å². The lowest BCUT2D eigenvalue weighted by molar-refractivity contribution is 0.415. The number of pyridine rings is 1. The minimum absolute atomic E-state index is 0.880. The highest BCUT2D eigenvalue weighted by molar-refractivity contribution is 5.94. The van der Waals surface area contributed by atoms with Crippen molar-refractivity contribution in [3.8, 4) is 16.9 Å². The van der Waals surface area contributed by atoms with Crippen molar-refractivity contribution in [2.24, 2.45) is 0 Å². The summed E-state index contributed by atoms with van der Waals surface area (Å²) in [6, 6.07) is 17.1. The van der Waals surface area contributed by atoms with Crippen molar-refractivity contribution < 1.29 is 4.74 Å². The molecule has 3 nitrogen and oxygen atoms in total. The monoisotopic (exact) mass is 332 g/mol. The average Bonchev–Trinajstić information content (AvgIpc) is 2.67. The molecule has 0 aliphatic carbocycles. The van der Waals surface area contributed by atoms with E-state index in [2.05, 4.69) is 48.2 Å². The fourth-order valence-electron chi connectivity index (χ4n) is 3.70. The highest BCUT2D eigenvalue weighted by Gasteiger charge is 2.15. The number of benzene rings is 2. The summed E-state index contributed by atoms with van der Waals surface area (Å²) in [4.78, 5) is 7.32. The molecule has 0 unspecified atom stereocenters. The van der Waals surface area contributed by atoms with Crippen LogP contribution in [-0.4, -0.2) is 25.2 Å². The Bertz CT molecular complexity index is 880. The van der Waals surface area contributed by atoms with Gasteiger partial charge in [0.05, 0.1) is 12.6 Å². The fourth-order valence-corrected chi connectivity index (χ4v) is 3.70. The quantitative estimate of drug-likeness (QED) is 0.658. The number of piperidine rings is 1. The SMILES string of the molecule is COc1ccc(-c2ccc3c(N4CCCCC4)cc(C)nc3c2)cc1. The number of aromatic nitrogens is 1. The van der Waals surface area contributed by atoms with Gasteiger partial charge in [0.15, 0.2) is 0 Å². The fraction of sp³-hybridized carbons (Fsp3) is 0.318. The second-order valence-corrected chi connectivity index (χ2v) is 6.79. The van der Waals surface area contributed by atoms with E-state index in [4.69, 9.17) is 9.72 Å². The molecule has 3 aromatic rings. The van der Waals surface area contributed by atoms with Gasteiger partial charge in [-0.1, -0.05) is 24.3 Å². The standard InChI is InChI=1S/C22H24N2O/c1-16-14-22(24-12-4-3-5-13-24)20-11-8-18(15-21(20)23-16)17-6-9-19(25-2)10-7-17/h6-11,14-15H,3-5,12-13H2,1-2H3. The maximum absolute atomic E-state index is 5.26. The zero-order chi connectivity index (χ0) is 17.2. The summed E-state index contributed by atoms with van der Waals surface area (Å²) in [5.74, 6) is 0.880. The number of hydrogen-bond acceptors (Lipinski definition) is 3. The maximum atomic E-state index is 5.26. The van der Waals surface area contributed by atoms with Gasteiger partial charge in [0.2, 0.25) is 0 Å². The molecule has 2 aromatic carbocycles. The Morgan fingerprint density at radius 2 is 1.60 bits per heavy atom. The van der Waals surface area contributed by atoms with Gasteiger partial charge in [0.25, 0.3) is 0 Å². The zero-order valence-corrected chi connectivity index (χ0v) is 15.0. The topological polar surface area (TPSA) is 25.4 Å². The highest BCUT2D eigenvalue weighted by Crippen LogP contribution is 2.32. The molecule has 1 fully saturated rings. The van der Waals surface area contributed by atoms with Crippen LogP contribution in [-0.2, 0) is 0 Å². The molecule has 0 amide bonds. The second-order valence-electron chi connectivity index (χ2n) is 6.79. The number of ether oxygens (including phenoxy) is 1. The summed E-state index contributed by atoms with van der Waals surface area (Å²) in [5.41, 5.74) is 5.88. The number of hydrogen-bond donors (Lipinski definition) is 0. The van der Waals surface area contributed by atoms with E-state index in [9.17, 15) is 0 Å². The minimum Gasteiger partial charge on any atom is -0.497 e. The molecule has 0 bridgehead atoms. The molecule has 3 heteroatoms. The van der Waals surface area contributed by atoms with Gasteiger partial charge in [0.1, 0.15) is 5.75 Å². The van der Waals surface area contributed by atoms with Crippen molar-refractivity contribution in [1.29, 1.82) is 0 Å². The Kier molecular flexibility index (Phi) is 4.31. The molecular weight excluding hydrogens is 308 g/mol. The highest BCUT2D eigenvalue weighted by atomic mass is 16.5. The number of rotatable bonds is 3. The van der Waals surface area contributed by atoms with Crippen LogP contribution in [0.15, 0.2) is 48.5 Å². The molecule has 0 radical (unpaired) electrons. The van der Waals surface area contributed by atoms with Crippen molar-refractivity contribution in [1.82, 2.24) is 4.98 Å². The summed E-state index contributed by atoms with van der Waals surface area (Å²) in [6.07, 6.45) is 3.92. The molecular formula is C22H24N2O. The third-order valence-electron chi connectivity index (χ3n) is 5.04. The first kappa shape index (κ1) is 15.9. The van der Waals surface area contributed by atoms with Crippen LogP contribution in [0.2, 0.25) is 0 Å². The van der Waals surface area contributed by atoms with Crippen LogP contribution in [0.25, 0.3) is 22.0 Å². The van der Waals surface area contributed by atoms with Gasteiger partial charge >= 0.3 is 0 Å². The second kappa shape index (κ2) is 6.75. The average molecular weight is 332 g/mol. The van der Waals surface area contributed by atoms with Crippen LogP contribution in [0.1, 0.15) is 25.0 Å². The van der Waals surface area contributed by atoms with Crippen molar-refractivity contribution >= 4 is 16.6 Å². The van der Waals surface area contributed by atoms with E-state index in [0.29, 0.717) is 0 Å². The molecule has 4 rings (SSSR count). The van der Waals surface area contributed by atoms with Crippen molar-refractivity contribution in [3.05, 3.63) is 54.2 Å². The number of methoxy groups -OCH3 is 1. The van der Waals surface area contributed by atoms with Crippen molar-refractivity contribution in [3.63, 3.8) is 0 Å². The van der Waals surface area contributed by atoms with E-state index in [1.165, 1.54) is 41.5 Å². The molecule has 1 saturated heterocycles. The number of aryl methyl sites for hydroxylation is 1. The van der Waals surface area contributed by atoms with E-state index < -0.39 is 0 Å². The predicted octanol–water partition coefficient (Wildman–Crippen LogP) is 5.21. The van der Waals surface area contributed by atoms with Gasteiger partial charge in [-0.15, -0.1) is 0 Å². The van der Waals surface area contributed by atoms with Crippen LogP contribution in [0.4, 0.5) is 5.69 Å². The first-order valence-electron chi connectivity index (χ1n) is 9.05. The molecule has 0 atom stereocenters. The number of anilines is 1. The molecule has 1 aromatic heterocycles. The first-order valence-corrected chi connectivity index (χ1v) is 9.05. The summed E-state index contributed by atoms with van der Waals surface area (Å²) >= 11 is 0. The molecule has 2 heterocycles. The molecule has 0 spiro atoms. The van der Waals surface area contributed by atoms with Crippen LogP contribution in [0, 0.1) is 6.92 Å².